The Morgan fingerprint density at radius 2 is 1.52 bits per heavy atom. The lowest BCUT2D eigenvalue weighted by Crippen LogP contribution is -2.30. The Balaban J connectivity index is 1.89. The second-order valence-corrected chi connectivity index (χ2v) is 6.48. The van der Waals surface area contributed by atoms with Crippen molar-refractivity contribution >= 4 is 23.2 Å². The molecule has 0 fully saturated rings. The molecule has 5 nitrogen and oxygen atoms in total. The number of hydrogen-bond donors (Lipinski definition) is 3. The van der Waals surface area contributed by atoms with Crippen LogP contribution in [0.2, 0.25) is 0 Å². The van der Waals surface area contributed by atoms with Crippen molar-refractivity contribution in [1.29, 1.82) is 0 Å². The molecule has 2 rings (SSSR count). The van der Waals surface area contributed by atoms with Crippen molar-refractivity contribution in [3.05, 3.63) is 59.2 Å². The Bertz CT molecular complexity index is 732. The zero-order chi connectivity index (χ0) is 18.4. The zero-order valence-electron chi connectivity index (χ0n) is 15.1. The minimum absolute atomic E-state index is 0.0863. The van der Waals surface area contributed by atoms with Gasteiger partial charge in [0.15, 0.2) is 0 Å². The molecule has 0 atom stereocenters. The topological polar surface area (TPSA) is 70.2 Å². The number of hydrogen-bond acceptors (Lipinski definition) is 3. The van der Waals surface area contributed by atoms with Gasteiger partial charge in [0.1, 0.15) is 0 Å². The first-order valence-corrected chi connectivity index (χ1v) is 8.36. The number of carbonyl (C=O) groups is 2. The highest BCUT2D eigenvalue weighted by molar-refractivity contribution is 5.96. The largest absolute Gasteiger partial charge is 0.376 e. The number of aryl methyl sites for hydroxylation is 2. The monoisotopic (exact) mass is 339 g/mol. The van der Waals surface area contributed by atoms with E-state index in [9.17, 15) is 9.59 Å². The van der Waals surface area contributed by atoms with Gasteiger partial charge in [-0.2, -0.15) is 0 Å². The standard InChI is InChI=1S/C20H25N3O2/c1-13(2)22-20(25)16-5-7-17(8-6-16)23-19(24)12-21-18-10-14(3)9-15(4)11-18/h5-11,13,21H,12H2,1-4H3,(H,22,25)(H,23,24). The van der Waals surface area contributed by atoms with Crippen LogP contribution in [0.3, 0.4) is 0 Å². The predicted octanol–water partition coefficient (Wildman–Crippen LogP) is 3.49. The van der Waals surface area contributed by atoms with Crippen LogP contribution in [0, 0.1) is 13.8 Å². The predicted molar refractivity (Wildman–Crippen MR) is 102 cm³/mol. The zero-order valence-corrected chi connectivity index (χ0v) is 15.1. The molecule has 5 heteroatoms. The molecular formula is C20H25N3O2. The third-order valence-corrected chi connectivity index (χ3v) is 3.53. The van der Waals surface area contributed by atoms with E-state index in [4.69, 9.17) is 0 Å². The Hall–Kier alpha value is -2.82. The van der Waals surface area contributed by atoms with Crippen LogP contribution >= 0.6 is 0 Å². The van der Waals surface area contributed by atoms with E-state index in [0.29, 0.717) is 11.3 Å². The average Bonchev–Trinajstić information content (AvgIpc) is 2.52. The molecule has 0 heterocycles. The quantitative estimate of drug-likeness (QED) is 0.754. The fraction of sp³-hybridized carbons (Fsp3) is 0.300. The van der Waals surface area contributed by atoms with Crippen LogP contribution in [0.1, 0.15) is 35.3 Å². The maximum absolute atomic E-state index is 12.1. The van der Waals surface area contributed by atoms with Crippen LogP contribution in [0.15, 0.2) is 42.5 Å². The molecule has 0 aromatic heterocycles. The van der Waals surface area contributed by atoms with Crippen LogP contribution in [0.25, 0.3) is 0 Å². The molecule has 2 amide bonds. The second-order valence-electron chi connectivity index (χ2n) is 6.48. The normalized spacial score (nSPS) is 10.4. The van der Waals surface area contributed by atoms with Crippen molar-refractivity contribution in [2.75, 3.05) is 17.2 Å². The van der Waals surface area contributed by atoms with Gasteiger partial charge in [0.2, 0.25) is 5.91 Å². The molecule has 132 valence electrons. The summed E-state index contributed by atoms with van der Waals surface area (Å²) >= 11 is 0. The number of rotatable bonds is 6. The second kappa shape index (κ2) is 8.33. The van der Waals surface area contributed by atoms with E-state index in [1.807, 2.05) is 39.8 Å². The Morgan fingerprint density at radius 1 is 0.920 bits per heavy atom. The van der Waals surface area contributed by atoms with Crippen molar-refractivity contribution in [2.24, 2.45) is 0 Å². The van der Waals surface area contributed by atoms with Crippen LogP contribution < -0.4 is 16.0 Å². The molecule has 0 aliphatic rings. The van der Waals surface area contributed by atoms with Crippen molar-refractivity contribution in [1.82, 2.24) is 5.32 Å². The van der Waals surface area contributed by atoms with Gasteiger partial charge in [-0.1, -0.05) is 6.07 Å². The Labute approximate surface area is 148 Å². The highest BCUT2D eigenvalue weighted by Crippen LogP contribution is 2.14. The van der Waals surface area contributed by atoms with Gasteiger partial charge in [-0.3, -0.25) is 9.59 Å². The minimum Gasteiger partial charge on any atom is -0.376 e. The summed E-state index contributed by atoms with van der Waals surface area (Å²) in [5, 5.41) is 8.77. The molecule has 0 bridgehead atoms. The van der Waals surface area contributed by atoms with Crippen molar-refractivity contribution in [2.45, 2.75) is 33.7 Å². The lowest BCUT2D eigenvalue weighted by atomic mass is 10.1. The molecule has 0 radical (unpaired) electrons. The summed E-state index contributed by atoms with van der Waals surface area (Å²) in [6.45, 7) is 8.05. The van der Waals surface area contributed by atoms with E-state index in [1.54, 1.807) is 24.3 Å². The molecule has 0 spiro atoms. The average molecular weight is 339 g/mol. The van der Waals surface area contributed by atoms with Gasteiger partial charge in [0.05, 0.1) is 6.54 Å². The van der Waals surface area contributed by atoms with Gasteiger partial charge in [-0.15, -0.1) is 0 Å². The maximum atomic E-state index is 12.1. The molecule has 25 heavy (non-hydrogen) atoms. The summed E-state index contributed by atoms with van der Waals surface area (Å²) in [5.74, 6) is -0.261. The summed E-state index contributed by atoms with van der Waals surface area (Å²) in [6.07, 6.45) is 0. The molecule has 2 aromatic rings. The van der Waals surface area contributed by atoms with E-state index in [0.717, 1.165) is 16.8 Å². The van der Waals surface area contributed by atoms with E-state index >= 15 is 0 Å². The Morgan fingerprint density at radius 3 is 2.08 bits per heavy atom. The lowest BCUT2D eigenvalue weighted by Gasteiger charge is -2.11. The van der Waals surface area contributed by atoms with Crippen LogP contribution in [-0.2, 0) is 4.79 Å². The van der Waals surface area contributed by atoms with Gasteiger partial charge >= 0.3 is 0 Å². The van der Waals surface area contributed by atoms with Gasteiger partial charge in [0.25, 0.3) is 5.91 Å². The fourth-order valence-electron chi connectivity index (χ4n) is 2.51. The molecular weight excluding hydrogens is 314 g/mol. The van der Waals surface area contributed by atoms with Crippen LogP contribution in [0.4, 0.5) is 11.4 Å². The number of amides is 2. The lowest BCUT2D eigenvalue weighted by molar-refractivity contribution is -0.114. The summed E-state index contributed by atoms with van der Waals surface area (Å²) in [7, 11) is 0. The number of benzene rings is 2. The summed E-state index contributed by atoms with van der Waals surface area (Å²) < 4.78 is 0. The van der Waals surface area contributed by atoms with Gasteiger partial charge in [-0.25, -0.2) is 0 Å². The third-order valence-electron chi connectivity index (χ3n) is 3.53. The molecule has 0 saturated heterocycles. The third kappa shape index (κ3) is 5.95. The number of carbonyl (C=O) groups excluding carboxylic acids is 2. The minimum atomic E-state index is -0.140. The summed E-state index contributed by atoms with van der Waals surface area (Å²) in [5.41, 5.74) is 4.46. The summed E-state index contributed by atoms with van der Waals surface area (Å²) in [6, 6.07) is 13.0. The fourth-order valence-corrected chi connectivity index (χ4v) is 2.51. The summed E-state index contributed by atoms with van der Waals surface area (Å²) in [4.78, 5) is 24.0. The highest BCUT2D eigenvalue weighted by atomic mass is 16.2. The maximum Gasteiger partial charge on any atom is 0.251 e. The SMILES string of the molecule is Cc1cc(C)cc(NCC(=O)Nc2ccc(C(=O)NC(C)C)cc2)c1. The van der Waals surface area contributed by atoms with Crippen molar-refractivity contribution in [3.63, 3.8) is 0 Å². The first kappa shape index (κ1) is 18.5. The van der Waals surface area contributed by atoms with Gasteiger partial charge in [0, 0.05) is 23.0 Å². The highest BCUT2D eigenvalue weighted by Gasteiger charge is 2.08. The van der Waals surface area contributed by atoms with Gasteiger partial charge in [-0.05, 0) is 75.2 Å². The Kier molecular flexibility index (Phi) is 6.17. The van der Waals surface area contributed by atoms with E-state index < -0.39 is 0 Å². The molecule has 0 aliphatic heterocycles. The molecule has 0 aliphatic carbocycles. The molecule has 0 saturated carbocycles. The van der Waals surface area contributed by atoms with E-state index in [-0.39, 0.29) is 24.4 Å². The molecule has 3 N–H and O–H groups in total. The number of nitrogens with one attached hydrogen (secondary N) is 3. The van der Waals surface area contributed by atoms with Crippen LogP contribution in [-0.4, -0.2) is 24.4 Å². The van der Waals surface area contributed by atoms with E-state index in [1.165, 1.54) is 0 Å². The van der Waals surface area contributed by atoms with Crippen LogP contribution in [0.5, 0.6) is 0 Å². The first-order chi connectivity index (χ1) is 11.8. The van der Waals surface area contributed by atoms with Gasteiger partial charge < -0.3 is 16.0 Å². The molecule has 0 unspecified atom stereocenters. The van der Waals surface area contributed by atoms with E-state index in [2.05, 4.69) is 22.0 Å². The van der Waals surface area contributed by atoms with Crippen molar-refractivity contribution in [3.8, 4) is 0 Å². The smallest absolute Gasteiger partial charge is 0.251 e. The first-order valence-electron chi connectivity index (χ1n) is 8.36. The van der Waals surface area contributed by atoms with Crippen molar-refractivity contribution < 1.29 is 9.59 Å². The number of anilines is 2. The molecule has 2 aromatic carbocycles.